The van der Waals surface area contributed by atoms with Gasteiger partial charge < -0.3 is 4.90 Å². The van der Waals surface area contributed by atoms with Crippen LogP contribution in [0.25, 0.3) is 0 Å². The van der Waals surface area contributed by atoms with Crippen molar-refractivity contribution in [1.29, 1.82) is 0 Å². The van der Waals surface area contributed by atoms with E-state index >= 15 is 0 Å². The summed E-state index contributed by atoms with van der Waals surface area (Å²) in [6.07, 6.45) is 4.82. The van der Waals surface area contributed by atoms with Crippen LogP contribution in [-0.2, 0) is 19.3 Å². The summed E-state index contributed by atoms with van der Waals surface area (Å²) < 4.78 is 0. The molecular formula is C14H23N3. The maximum Gasteiger partial charge on any atom is 0.0377 e. The Balaban J connectivity index is 2.02. The molecule has 1 aromatic rings. The average molecular weight is 233 g/mol. The average Bonchev–Trinajstić information content (AvgIpc) is 2.74. The molecule has 94 valence electrons. The number of rotatable bonds is 5. The fourth-order valence-corrected chi connectivity index (χ4v) is 2.65. The third kappa shape index (κ3) is 3.28. The van der Waals surface area contributed by atoms with E-state index in [9.17, 15) is 0 Å². The SMILES string of the molecule is CN(C)CC(Cc1ccc2c(c1)CCC2)NN. The first-order chi connectivity index (χ1) is 8.19. The molecule has 1 aliphatic rings. The smallest absolute Gasteiger partial charge is 0.0377 e. The monoisotopic (exact) mass is 233 g/mol. The molecule has 0 aliphatic heterocycles. The van der Waals surface area contributed by atoms with Gasteiger partial charge in [-0.1, -0.05) is 18.2 Å². The molecule has 1 aliphatic carbocycles. The Hall–Kier alpha value is -0.900. The highest BCUT2D eigenvalue weighted by atomic mass is 15.3. The quantitative estimate of drug-likeness (QED) is 0.591. The van der Waals surface area contributed by atoms with Gasteiger partial charge in [-0.15, -0.1) is 0 Å². The van der Waals surface area contributed by atoms with Crippen molar-refractivity contribution in [2.45, 2.75) is 31.7 Å². The molecule has 1 atom stereocenters. The summed E-state index contributed by atoms with van der Waals surface area (Å²) in [6, 6.07) is 7.23. The van der Waals surface area contributed by atoms with Gasteiger partial charge in [-0.2, -0.15) is 0 Å². The standard InChI is InChI=1S/C14H23N3/c1-17(2)10-14(16-15)9-11-6-7-12-4-3-5-13(12)8-11/h6-8,14,16H,3-5,9-10,15H2,1-2H3. The van der Waals surface area contributed by atoms with Crippen LogP contribution in [0.2, 0.25) is 0 Å². The van der Waals surface area contributed by atoms with Gasteiger partial charge in [-0.25, -0.2) is 0 Å². The van der Waals surface area contributed by atoms with E-state index in [1.165, 1.54) is 24.8 Å². The number of fused-ring (bicyclic) bond motifs is 1. The van der Waals surface area contributed by atoms with E-state index in [1.807, 2.05) is 0 Å². The Morgan fingerprint density at radius 2 is 2.06 bits per heavy atom. The number of hydrazine groups is 1. The van der Waals surface area contributed by atoms with E-state index in [-0.39, 0.29) is 0 Å². The number of benzene rings is 1. The predicted octanol–water partition coefficient (Wildman–Crippen LogP) is 1.11. The molecule has 0 fully saturated rings. The van der Waals surface area contributed by atoms with Crippen LogP contribution < -0.4 is 11.3 Å². The molecule has 0 saturated carbocycles. The molecule has 1 aromatic carbocycles. The lowest BCUT2D eigenvalue weighted by Crippen LogP contribution is -2.43. The summed E-state index contributed by atoms with van der Waals surface area (Å²) in [5, 5.41) is 0. The predicted molar refractivity (Wildman–Crippen MR) is 71.8 cm³/mol. The number of nitrogens with one attached hydrogen (secondary N) is 1. The van der Waals surface area contributed by atoms with Gasteiger partial charge in [0.25, 0.3) is 0 Å². The van der Waals surface area contributed by atoms with Crippen molar-refractivity contribution in [3.05, 3.63) is 34.9 Å². The fourth-order valence-electron chi connectivity index (χ4n) is 2.65. The Labute approximate surface area is 104 Å². The van der Waals surface area contributed by atoms with Gasteiger partial charge in [-0.3, -0.25) is 11.3 Å². The van der Waals surface area contributed by atoms with Crippen molar-refractivity contribution < 1.29 is 0 Å². The number of aryl methyl sites for hydroxylation is 2. The zero-order valence-corrected chi connectivity index (χ0v) is 10.9. The second-order valence-corrected chi connectivity index (χ2v) is 5.29. The van der Waals surface area contributed by atoms with Crippen LogP contribution in [0.3, 0.4) is 0 Å². The van der Waals surface area contributed by atoms with Crippen LogP contribution in [0.4, 0.5) is 0 Å². The van der Waals surface area contributed by atoms with Crippen LogP contribution in [0.1, 0.15) is 23.1 Å². The van der Waals surface area contributed by atoms with Crippen LogP contribution in [-0.4, -0.2) is 31.6 Å². The van der Waals surface area contributed by atoms with Crippen molar-refractivity contribution in [2.75, 3.05) is 20.6 Å². The van der Waals surface area contributed by atoms with Crippen molar-refractivity contribution in [2.24, 2.45) is 5.84 Å². The van der Waals surface area contributed by atoms with Crippen molar-refractivity contribution in [1.82, 2.24) is 10.3 Å². The highest BCUT2D eigenvalue weighted by Crippen LogP contribution is 2.23. The fraction of sp³-hybridized carbons (Fsp3) is 0.571. The Bertz CT molecular complexity index is 374. The van der Waals surface area contributed by atoms with Gasteiger partial charge >= 0.3 is 0 Å². The summed E-state index contributed by atoms with van der Waals surface area (Å²) in [4.78, 5) is 2.16. The number of hydrogen-bond donors (Lipinski definition) is 2. The van der Waals surface area contributed by atoms with Gasteiger partial charge in [0.05, 0.1) is 0 Å². The summed E-state index contributed by atoms with van der Waals surface area (Å²) in [5.41, 5.74) is 7.39. The van der Waals surface area contributed by atoms with Crippen LogP contribution in [0, 0.1) is 0 Å². The number of nitrogens with two attached hydrogens (primary N) is 1. The van der Waals surface area contributed by atoms with Gasteiger partial charge in [-0.05, 0) is 56.5 Å². The lowest BCUT2D eigenvalue weighted by molar-refractivity contribution is 0.338. The molecule has 0 amide bonds. The molecule has 3 nitrogen and oxygen atoms in total. The van der Waals surface area contributed by atoms with Crippen molar-refractivity contribution in [3.63, 3.8) is 0 Å². The first-order valence-corrected chi connectivity index (χ1v) is 6.40. The maximum absolute atomic E-state index is 5.61. The zero-order valence-electron chi connectivity index (χ0n) is 10.9. The molecule has 0 radical (unpaired) electrons. The highest BCUT2D eigenvalue weighted by molar-refractivity contribution is 5.35. The maximum atomic E-state index is 5.61. The minimum absolute atomic E-state index is 0.324. The lowest BCUT2D eigenvalue weighted by atomic mass is 10.0. The minimum Gasteiger partial charge on any atom is -0.308 e. The molecule has 0 saturated heterocycles. The third-order valence-electron chi connectivity index (χ3n) is 3.47. The second-order valence-electron chi connectivity index (χ2n) is 5.29. The van der Waals surface area contributed by atoms with Gasteiger partial charge in [0.1, 0.15) is 0 Å². The van der Waals surface area contributed by atoms with Gasteiger partial charge in [0, 0.05) is 12.6 Å². The minimum atomic E-state index is 0.324. The van der Waals surface area contributed by atoms with E-state index in [0.717, 1.165) is 13.0 Å². The molecule has 17 heavy (non-hydrogen) atoms. The summed E-state index contributed by atoms with van der Waals surface area (Å²) in [5.74, 6) is 5.61. The normalized spacial score (nSPS) is 16.2. The van der Waals surface area contributed by atoms with E-state index in [1.54, 1.807) is 11.1 Å². The highest BCUT2D eigenvalue weighted by Gasteiger charge is 2.13. The Morgan fingerprint density at radius 1 is 1.29 bits per heavy atom. The molecule has 3 N–H and O–H groups in total. The first-order valence-electron chi connectivity index (χ1n) is 6.40. The molecule has 0 heterocycles. The van der Waals surface area contributed by atoms with Crippen LogP contribution in [0.5, 0.6) is 0 Å². The zero-order chi connectivity index (χ0) is 12.3. The number of likely N-dealkylation sites (N-methyl/N-ethyl adjacent to an activating group) is 1. The molecule has 2 rings (SSSR count). The van der Waals surface area contributed by atoms with E-state index in [4.69, 9.17) is 5.84 Å². The van der Waals surface area contributed by atoms with Gasteiger partial charge in [0.15, 0.2) is 0 Å². The summed E-state index contributed by atoms with van der Waals surface area (Å²) in [7, 11) is 4.15. The van der Waals surface area contributed by atoms with E-state index in [2.05, 4.69) is 42.6 Å². The van der Waals surface area contributed by atoms with Crippen LogP contribution in [0.15, 0.2) is 18.2 Å². The Morgan fingerprint density at radius 3 is 2.76 bits per heavy atom. The summed E-state index contributed by atoms with van der Waals surface area (Å²) >= 11 is 0. The molecule has 1 unspecified atom stereocenters. The first kappa shape index (κ1) is 12.6. The number of hydrogen-bond acceptors (Lipinski definition) is 3. The third-order valence-corrected chi connectivity index (χ3v) is 3.47. The van der Waals surface area contributed by atoms with E-state index in [0.29, 0.717) is 6.04 Å². The summed E-state index contributed by atoms with van der Waals surface area (Å²) in [6.45, 7) is 0.966. The lowest BCUT2D eigenvalue weighted by Gasteiger charge is -2.20. The molecule has 0 aromatic heterocycles. The Kier molecular flexibility index (Phi) is 4.15. The van der Waals surface area contributed by atoms with E-state index < -0.39 is 0 Å². The van der Waals surface area contributed by atoms with Crippen molar-refractivity contribution >= 4 is 0 Å². The van der Waals surface area contributed by atoms with Gasteiger partial charge in [0.2, 0.25) is 0 Å². The second kappa shape index (κ2) is 5.63. The molecule has 0 bridgehead atoms. The topological polar surface area (TPSA) is 41.3 Å². The molecule has 0 spiro atoms. The molecule has 3 heteroatoms. The largest absolute Gasteiger partial charge is 0.308 e. The van der Waals surface area contributed by atoms with Crippen LogP contribution >= 0.6 is 0 Å². The van der Waals surface area contributed by atoms with Crippen molar-refractivity contribution in [3.8, 4) is 0 Å². The molecular weight excluding hydrogens is 210 g/mol. The number of nitrogens with zero attached hydrogens (tertiary/aromatic N) is 1.